The predicted molar refractivity (Wildman–Crippen MR) is 155 cm³/mol. The number of pyridine rings is 1. The van der Waals surface area contributed by atoms with Gasteiger partial charge >= 0.3 is 0 Å². The molecule has 0 aliphatic heterocycles. The fourth-order valence-electron chi connectivity index (χ4n) is 5.87. The standard InChI is InChI=1S/C31H37N7/c1-2-8-22(9-3-1)33-25-14-4-7-21(19-25)28-20-29-26(15-16-30(38(29)37-28)34-23-10-5-11-23)27-17-18-32-31(36-27)35-24-12-6-13-24/h4,7,14-20,22-24,33-34H,1-3,5-6,8-13H2,(H,32,35,36). The molecule has 0 saturated heterocycles. The molecule has 3 fully saturated rings. The van der Waals surface area contributed by atoms with E-state index in [1.54, 1.807) is 0 Å². The largest absolute Gasteiger partial charge is 0.382 e. The molecule has 3 aliphatic rings. The van der Waals surface area contributed by atoms with Gasteiger partial charge in [0.05, 0.1) is 16.9 Å². The Bertz CT molecular complexity index is 1410. The summed E-state index contributed by atoms with van der Waals surface area (Å²) in [5, 5.41) is 16.1. The molecule has 3 aromatic heterocycles. The molecular formula is C31H37N7. The molecule has 0 amide bonds. The normalized spacial score (nSPS) is 18.6. The molecule has 7 nitrogen and oxygen atoms in total. The average Bonchev–Trinajstić information content (AvgIpc) is 3.35. The Balaban J connectivity index is 1.25. The summed E-state index contributed by atoms with van der Waals surface area (Å²) in [7, 11) is 0. The molecular weight excluding hydrogens is 470 g/mol. The first-order valence-electron chi connectivity index (χ1n) is 14.5. The van der Waals surface area contributed by atoms with Gasteiger partial charge in [-0.15, -0.1) is 0 Å². The lowest BCUT2D eigenvalue weighted by molar-refractivity contribution is 0.443. The maximum Gasteiger partial charge on any atom is 0.223 e. The van der Waals surface area contributed by atoms with Gasteiger partial charge < -0.3 is 16.0 Å². The van der Waals surface area contributed by atoms with E-state index in [-0.39, 0.29) is 0 Å². The quantitative estimate of drug-likeness (QED) is 0.235. The summed E-state index contributed by atoms with van der Waals surface area (Å²) in [5.41, 5.74) is 6.33. The Kier molecular flexibility index (Phi) is 6.35. The van der Waals surface area contributed by atoms with E-state index in [2.05, 4.69) is 67.9 Å². The third kappa shape index (κ3) is 4.82. The van der Waals surface area contributed by atoms with Crippen molar-refractivity contribution >= 4 is 23.0 Å². The number of nitrogens with zero attached hydrogens (tertiary/aromatic N) is 4. The number of hydrogen-bond donors (Lipinski definition) is 3. The molecule has 3 saturated carbocycles. The topological polar surface area (TPSA) is 79.2 Å². The van der Waals surface area contributed by atoms with Gasteiger partial charge in [0, 0.05) is 41.1 Å². The molecule has 0 bridgehead atoms. The van der Waals surface area contributed by atoms with E-state index in [0.717, 1.165) is 33.8 Å². The van der Waals surface area contributed by atoms with Crippen LogP contribution in [0.1, 0.15) is 70.6 Å². The summed E-state index contributed by atoms with van der Waals surface area (Å²) >= 11 is 0. The van der Waals surface area contributed by atoms with Gasteiger partial charge in [-0.25, -0.2) is 14.5 Å². The van der Waals surface area contributed by atoms with Gasteiger partial charge in [-0.1, -0.05) is 31.4 Å². The fraction of sp³-hybridized carbons (Fsp3) is 0.452. The highest BCUT2D eigenvalue weighted by molar-refractivity contribution is 5.84. The van der Waals surface area contributed by atoms with Gasteiger partial charge in [-0.05, 0) is 87.8 Å². The molecule has 1 aromatic carbocycles. The second kappa shape index (κ2) is 10.3. The van der Waals surface area contributed by atoms with E-state index in [9.17, 15) is 0 Å². The molecule has 0 atom stereocenters. The fourth-order valence-corrected chi connectivity index (χ4v) is 5.87. The molecule has 0 radical (unpaired) electrons. The molecule has 3 N–H and O–H groups in total. The second-order valence-electron chi connectivity index (χ2n) is 11.3. The number of nitrogens with one attached hydrogen (secondary N) is 3. The Labute approximate surface area is 224 Å². The summed E-state index contributed by atoms with van der Waals surface area (Å²) in [5.74, 6) is 1.75. The van der Waals surface area contributed by atoms with Crippen LogP contribution < -0.4 is 16.0 Å². The average molecular weight is 508 g/mol. The molecule has 0 unspecified atom stereocenters. The summed E-state index contributed by atoms with van der Waals surface area (Å²) in [6, 6.07) is 18.9. The van der Waals surface area contributed by atoms with Crippen LogP contribution >= 0.6 is 0 Å². The first-order chi connectivity index (χ1) is 18.8. The minimum absolute atomic E-state index is 0.496. The molecule has 4 aromatic rings. The van der Waals surface area contributed by atoms with Crippen molar-refractivity contribution in [1.29, 1.82) is 0 Å². The van der Waals surface area contributed by atoms with Crippen LogP contribution in [0.5, 0.6) is 0 Å². The Hall–Kier alpha value is -3.61. The van der Waals surface area contributed by atoms with Crippen molar-refractivity contribution in [2.75, 3.05) is 16.0 Å². The maximum atomic E-state index is 5.13. The zero-order chi connectivity index (χ0) is 25.3. The van der Waals surface area contributed by atoms with Crippen LogP contribution in [-0.2, 0) is 0 Å². The lowest BCUT2D eigenvalue weighted by atomic mass is 9.93. The lowest BCUT2D eigenvalue weighted by Crippen LogP contribution is -2.28. The van der Waals surface area contributed by atoms with Gasteiger partial charge in [-0.3, -0.25) is 0 Å². The SMILES string of the molecule is c1cc(NC2CCCCC2)cc(-c2cc3c(-c4ccnc(NC5CCC5)n4)ccc(NC4CCC4)n3n2)c1. The van der Waals surface area contributed by atoms with Crippen LogP contribution in [0.25, 0.3) is 28.0 Å². The number of rotatable bonds is 8. The minimum Gasteiger partial charge on any atom is -0.382 e. The zero-order valence-electron chi connectivity index (χ0n) is 22.0. The predicted octanol–water partition coefficient (Wildman–Crippen LogP) is 7.13. The first-order valence-corrected chi connectivity index (χ1v) is 14.5. The minimum atomic E-state index is 0.496. The molecule has 196 valence electrons. The van der Waals surface area contributed by atoms with Gasteiger partial charge in [0.15, 0.2) is 0 Å². The lowest BCUT2D eigenvalue weighted by Gasteiger charge is -2.27. The number of aromatic nitrogens is 4. The van der Waals surface area contributed by atoms with Crippen molar-refractivity contribution in [2.24, 2.45) is 0 Å². The van der Waals surface area contributed by atoms with Crippen molar-refractivity contribution in [3.63, 3.8) is 0 Å². The zero-order valence-corrected chi connectivity index (χ0v) is 22.0. The highest BCUT2D eigenvalue weighted by Crippen LogP contribution is 2.33. The Morgan fingerprint density at radius 2 is 1.45 bits per heavy atom. The number of hydrogen-bond acceptors (Lipinski definition) is 6. The number of fused-ring (bicyclic) bond motifs is 1. The van der Waals surface area contributed by atoms with Crippen molar-refractivity contribution < 1.29 is 0 Å². The van der Waals surface area contributed by atoms with Gasteiger partial charge in [-0.2, -0.15) is 5.10 Å². The van der Waals surface area contributed by atoms with E-state index >= 15 is 0 Å². The van der Waals surface area contributed by atoms with Crippen LogP contribution in [0, 0.1) is 0 Å². The Morgan fingerprint density at radius 1 is 0.684 bits per heavy atom. The molecule has 7 rings (SSSR count). The third-order valence-corrected chi connectivity index (χ3v) is 8.58. The van der Waals surface area contributed by atoms with Crippen LogP contribution in [0.3, 0.4) is 0 Å². The van der Waals surface area contributed by atoms with E-state index in [1.807, 2.05) is 12.3 Å². The van der Waals surface area contributed by atoms with Crippen LogP contribution in [-0.4, -0.2) is 37.7 Å². The Morgan fingerprint density at radius 3 is 2.24 bits per heavy atom. The van der Waals surface area contributed by atoms with Crippen LogP contribution in [0.15, 0.2) is 54.7 Å². The first kappa shape index (κ1) is 23.5. The summed E-state index contributed by atoms with van der Waals surface area (Å²) in [6.45, 7) is 0. The van der Waals surface area contributed by atoms with E-state index in [0.29, 0.717) is 24.1 Å². The summed E-state index contributed by atoms with van der Waals surface area (Å²) in [4.78, 5) is 9.39. The highest BCUT2D eigenvalue weighted by Gasteiger charge is 2.22. The van der Waals surface area contributed by atoms with Crippen molar-refractivity contribution in [3.05, 3.63) is 54.7 Å². The third-order valence-electron chi connectivity index (χ3n) is 8.58. The van der Waals surface area contributed by atoms with Gasteiger partial charge in [0.2, 0.25) is 5.95 Å². The van der Waals surface area contributed by atoms with E-state index in [1.165, 1.54) is 76.3 Å². The molecule has 3 heterocycles. The summed E-state index contributed by atoms with van der Waals surface area (Å²) < 4.78 is 2.07. The van der Waals surface area contributed by atoms with E-state index in [4.69, 9.17) is 10.1 Å². The van der Waals surface area contributed by atoms with Crippen LogP contribution in [0.4, 0.5) is 17.5 Å². The smallest absolute Gasteiger partial charge is 0.223 e. The molecule has 7 heteroatoms. The van der Waals surface area contributed by atoms with Crippen molar-refractivity contribution in [1.82, 2.24) is 19.6 Å². The van der Waals surface area contributed by atoms with Crippen molar-refractivity contribution in [2.45, 2.75) is 88.8 Å². The van der Waals surface area contributed by atoms with Crippen molar-refractivity contribution in [3.8, 4) is 22.5 Å². The molecule has 38 heavy (non-hydrogen) atoms. The molecule has 0 spiro atoms. The summed E-state index contributed by atoms with van der Waals surface area (Å²) in [6.07, 6.45) is 15.8. The number of anilines is 3. The maximum absolute atomic E-state index is 5.13. The monoisotopic (exact) mass is 507 g/mol. The molecule has 3 aliphatic carbocycles. The van der Waals surface area contributed by atoms with Crippen LogP contribution in [0.2, 0.25) is 0 Å². The van der Waals surface area contributed by atoms with Gasteiger partial charge in [0.1, 0.15) is 5.82 Å². The number of benzene rings is 1. The van der Waals surface area contributed by atoms with E-state index < -0.39 is 0 Å². The second-order valence-corrected chi connectivity index (χ2v) is 11.3. The van der Waals surface area contributed by atoms with Gasteiger partial charge in [0.25, 0.3) is 0 Å². The highest BCUT2D eigenvalue weighted by atomic mass is 15.3.